The van der Waals surface area contributed by atoms with Crippen molar-refractivity contribution in [1.82, 2.24) is 4.90 Å². The first-order valence-corrected chi connectivity index (χ1v) is 7.19. The van der Waals surface area contributed by atoms with Gasteiger partial charge in [0.2, 0.25) is 5.91 Å². The number of nitrogens with zero attached hydrogens (tertiary/aromatic N) is 1. The second-order valence-electron chi connectivity index (χ2n) is 6.60. The van der Waals surface area contributed by atoms with E-state index >= 15 is 0 Å². The van der Waals surface area contributed by atoms with Crippen LogP contribution in [-0.2, 0) is 9.59 Å². The molecule has 1 aliphatic heterocycles. The number of hydrogen-bond acceptors (Lipinski definition) is 2. The van der Waals surface area contributed by atoms with Gasteiger partial charge in [-0.3, -0.25) is 9.59 Å². The summed E-state index contributed by atoms with van der Waals surface area (Å²) in [5, 5.41) is 9.13. The van der Waals surface area contributed by atoms with Gasteiger partial charge in [-0.1, -0.05) is 0 Å². The molecule has 5 atom stereocenters. The maximum atomic E-state index is 12.0. The van der Waals surface area contributed by atoms with E-state index < -0.39 is 5.97 Å². The molecule has 4 rings (SSSR count). The van der Waals surface area contributed by atoms with E-state index in [1.165, 1.54) is 19.3 Å². The Kier molecular flexibility index (Phi) is 2.10. The lowest BCUT2D eigenvalue weighted by Crippen LogP contribution is -2.45. The first kappa shape index (κ1) is 10.8. The summed E-state index contributed by atoms with van der Waals surface area (Å²) in [5.41, 5.74) is 0. The molecule has 0 radical (unpaired) electrons. The van der Waals surface area contributed by atoms with Crippen molar-refractivity contribution >= 4 is 11.9 Å². The first-order valence-electron chi connectivity index (χ1n) is 7.19. The maximum Gasteiger partial charge on any atom is 0.308 e. The van der Waals surface area contributed by atoms with Gasteiger partial charge >= 0.3 is 5.97 Å². The number of carbonyl (C=O) groups is 2. The molecule has 5 unspecified atom stereocenters. The molecular weight excluding hydrogens is 230 g/mol. The second-order valence-corrected chi connectivity index (χ2v) is 6.60. The highest BCUT2D eigenvalue weighted by molar-refractivity contribution is 5.81. The average molecular weight is 249 g/mol. The minimum absolute atomic E-state index is 0.200. The lowest BCUT2D eigenvalue weighted by molar-refractivity contribution is -0.148. The fourth-order valence-electron chi connectivity index (χ4n) is 5.06. The molecule has 3 saturated carbocycles. The van der Waals surface area contributed by atoms with Crippen molar-refractivity contribution in [3.8, 4) is 0 Å². The fourth-order valence-corrected chi connectivity index (χ4v) is 5.06. The third kappa shape index (κ3) is 1.32. The molecule has 98 valence electrons. The molecule has 4 nitrogen and oxygen atoms in total. The van der Waals surface area contributed by atoms with Crippen LogP contribution >= 0.6 is 0 Å². The van der Waals surface area contributed by atoms with Crippen molar-refractivity contribution in [3.05, 3.63) is 0 Å². The summed E-state index contributed by atoms with van der Waals surface area (Å²) in [7, 11) is 0. The number of piperidine rings is 1. The molecule has 0 aromatic rings. The van der Waals surface area contributed by atoms with Crippen LogP contribution in [0, 0.1) is 29.6 Å². The lowest BCUT2D eigenvalue weighted by Gasteiger charge is -2.32. The molecule has 3 aliphatic carbocycles. The Hall–Kier alpha value is -1.06. The zero-order valence-corrected chi connectivity index (χ0v) is 10.4. The summed E-state index contributed by atoms with van der Waals surface area (Å²) in [6, 6.07) is 0.408. The molecule has 1 saturated heterocycles. The van der Waals surface area contributed by atoms with Crippen LogP contribution < -0.4 is 0 Å². The van der Waals surface area contributed by atoms with Gasteiger partial charge in [-0.2, -0.15) is 0 Å². The molecule has 0 spiro atoms. The summed E-state index contributed by atoms with van der Waals surface area (Å²) in [6.07, 6.45) is 5.01. The Labute approximate surface area is 106 Å². The van der Waals surface area contributed by atoms with E-state index in [0.29, 0.717) is 25.4 Å². The molecule has 0 aromatic carbocycles. The minimum Gasteiger partial charge on any atom is -0.481 e. The van der Waals surface area contributed by atoms with Crippen molar-refractivity contribution in [1.29, 1.82) is 0 Å². The summed E-state index contributed by atoms with van der Waals surface area (Å²) in [4.78, 5) is 25.1. The van der Waals surface area contributed by atoms with E-state index in [0.717, 1.165) is 23.7 Å². The van der Waals surface area contributed by atoms with Crippen molar-refractivity contribution in [2.45, 2.75) is 38.1 Å². The molecule has 1 amide bonds. The van der Waals surface area contributed by atoms with Crippen molar-refractivity contribution in [2.24, 2.45) is 29.6 Å². The lowest BCUT2D eigenvalue weighted by atomic mass is 9.96. The third-order valence-electron chi connectivity index (χ3n) is 5.85. The Bertz CT molecular complexity index is 405. The topological polar surface area (TPSA) is 57.6 Å². The number of amides is 1. The summed E-state index contributed by atoms with van der Waals surface area (Å²) in [6.45, 7) is 0.464. The zero-order chi connectivity index (χ0) is 12.4. The van der Waals surface area contributed by atoms with Gasteiger partial charge in [-0.05, 0) is 49.4 Å². The number of carboxylic acids is 1. The zero-order valence-electron chi connectivity index (χ0n) is 10.4. The Morgan fingerprint density at radius 3 is 2.44 bits per heavy atom. The van der Waals surface area contributed by atoms with Crippen LogP contribution in [0.4, 0.5) is 0 Å². The van der Waals surface area contributed by atoms with Crippen molar-refractivity contribution in [3.63, 3.8) is 0 Å². The van der Waals surface area contributed by atoms with Crippen LogP contribution in [0.5, 0.6) is 0 Å². The predicted molar refractivity (Wildman–Crippen MR) is 63.7 cm³/mol. The van der Waals surface area contributed by atoms with Crippen LogP contribution in [0.1, 0.15) is 32.1 Å². The first-order chi connectivity index (χ1) is 8.66. The van der Waals surface area contributed by atoms with E-state index in [9.17, 15) is 9.59 Å². The van der Waals surface area contributed by atoms with Gasteiger partial charge in [-0.15, -0.1) is 0 Å². The van der Waals surface area contributed by atoms with Crippen LogP contribution in [0.2, 0.25) is 0 Å². The minimum atomic E-state index is -0.735. The number of rotatable bonds is 2. The van der Waals surface area contributed by atoms with Crippen molar-refractivity contribution in [2.75, 3.05) is 6.54 Å². The molecular formula is C14H19NO3. The molecule has 4 heteroatoms. The number of carboxylic acid groups (broad SMARTS) is 1. The van der Waals surface area contributed by atoms with Crippen LogP contribution in [-0.4, -0.2) is 34.5 Å². The van der Waals surface area contributed by atoms with Gasteiger partial charge in [0.15, 0.2) is 0 Å². The van der Waals surface area contributed by atoms with Crippen molar-refractivity contribution < 1.29 is 14.7 Å². The van der Waals surface area contributed by atoms with Crippen LogP contribution in [0.3, 0.4) is 0 Å². The van der Waals surface area contributed by atoms with E-state index in [1.807, 2.05) is 4.90 Å². The van der Waals surface area contributed by atoms with Gasteiger partial charge in [0.05, 0.1) is 5.92 Å². The Balaban J connectivity index is 1.51. The molecule has 4 fully saturated rings. The van der Waals surface area contributed by atoms with E-state index in [-0.39, 0.29) is 11.8 Å². The molecule has 2 bridgehead atoms. The molecule has 18 heavy (non-hydrogen) atoms. The summed E-state index contributed by atoms with van der Waals surface area (Å²) >= 11 is 0. The number of aliphatic carboxylic acids is 1. The number of fused-ring (bicyclic) bond motifs is 5. The molecule has 0 aromatic heterocycles. The van der Waals surface area contributed by atoms with Crippen LogP contribution in [0.25, 0.3) is 0 Å². The third-order valence-corrected chi connectivity index (χ3v) is 5.85. The molecule has 1 N–H and O–H groups in total. The molecule has 4 aliphatic rings. The number of hydrogen-bond donors (Lipinski definition) is 1. The summed E-state index contributed by atoms with van der Waals surface area (Å²) in [5.74, 6) is 2.25. The average Bonchev–Trinajstić information content (AvgIpc) is 2.77. The Morgan fingerprint density at radius 2 is 1.83 bits per heavy atom. The SMILES string of the molecule is O=C(O)C1CCC(=O)N(C2C3C4CCC(C4)C32)C1. The van der Waals surface area contributed by atoms with Gasteiger partial charge in [-0.25, -0.2) is 0 Å². The Morgan fingerprint density at radius 1 is 1.17 bits per heavy atom. The predicted octanol–water partition coefficient (Wildman–Crippen LogP) is 1.35. The van der Waals surface area contributed by atoms with E-state index in [2.05, 4.69) is 0 Å². The largest absolute Gasteiger partial charge is 0.481 e. The standard InChI is InChI=1S/C14H19NO3/c16-10-4-3-9(14(17)18)6-15(10)13-11-7-1-2-8(5-7)12(11)13/h7-9,11-13H,1-6H2,(H,17,18). The smallest absolute Gasteiger partial charge is 0.308 e. The normalized spacial score (nSPS) is 49.3. The number of likely N-dealkylation sites (tertiary alicyclic amines) is 1. The van der Waals surface area contributed by atoms with Gasteiger partial charge in [0.25, 0.3) is 0 Å². The second kappa shape index (κ2) is 3.49. The highest BCUT2D eigenvalue weighted by Crippen LogP contribution is 2.67. The van der Waals surface area contributed by atoms with Gasteiger partial charge in [0, 0.05) is 19.0 Å². The van der Waals surface area contributed by atoms with Gasteiger partial charge < -0.3 is 10.0 Å². The number of carbonyl (C=O) groups excluding carboxylic acids is 1. The fraction of sp³-hybridized carbons (Fsp3) is 0.857. The summed E-state index contributed by atoms with van der Waals surface area (Å²) < 4.78 is 0. The highest BCUT2D eigenvalue weighted by Gasteiger charge is 2.67. The van der Waals surface area contributed by atoms with E-state index in [1.54, 1.807) is 0 Å². The quantitative estimate of drug-likeness (QED) is 0.803. The monoisotopic (exact) mass is 249 g/mol. The maximum absolute atomic E-state index is 12.0. The molecule has 1 heterocycles. The van der Waals surface area contributed by atoms with Gasteiger partial charge in [0.1, 0.15) is 0 Å². The highest BCUT2D eigenvalue weighted by atomic mass is 16.4. The van der Waals surface area contributed by atoms with E-state index in [4.69, 9.17) is 5.11 Å². The van der Waals surface area contributed by atoms with Crippen LogP contribution in [0.15, 0.2) is 0 Å².